The molecule has 4 nitrogen and oxygen atoms in total. The van der Waals surface area contributed by atoms with Crippen LogP contribution in [0, 0.1) is 0 Å². The number of ether oxygens (including phenoxy) is 2. The molecule has 4 heteroatoms. The second-order valence-electron chi connectivity index (χ2n) is 3.65. The van der Waals surface area contributed by atoms with Crippen molar-refractivity contribution in [2.24, 2.45) is 0 Å². The Morgan fingerprint density at radius 3 is 3.00 bits per heavy atom. The molecule has 1 aliphatic rings. The highest BCUT2D eigenvalue weighted by Crippen LogP contribution is 2.37. The first-order chi connectivity index (χ1) is 6.90. The summed E-state index contributed by atoms with van der Waals surface area (Å²) in [6.45, 7) is 1.39. The lowest BCUT2D eigenvalue weighted by molar-refractivity contribution is -0.0314. The van der Waals surface area contributed by atoms with E-state index in [2.05, 4.69) is 10.2 Å². The van der Waals surface area contributed by atoms with Crippen molar-refractivity contribution < 1.29 is 9.47 Å². The molecule has 1 fully saturated rings. The lowest BCUT2D eigenvalue weighted by atomic mass is 9.80. The van der Waals surface area contributed by atoms with E-state index in [0.29, 0.717) is 25.2 Å². The molecule has 0 radical (unpaired) electrons. The van der Waals surface area contributed by atoms with Gasteiger partial charge in [-0.3, -0.25) is 5.10 Å². The molecule has 0 unspecified atom stereocenters. The Bertz CT molecular complexity index is 255. The predicted molar refractivity (Wildman–Crippen MR) is 52.2 cm³/mol. The molecule has 1 aromatic rings. The molecule has 0 bridgehead atoms. The van der Waals surface area contributed by atoms with E-state index in [1.54, 1.807) is 7.11 Å². The number of nitrogens with one attached hydrogen (secondary N) is 1. The second kappa shape index (κ2) is 4.57. The van der Waals surface area contributed by atoms with Crippen LogP contribution in [0.4, 0.5) is 0 Å². The van der Waals surface area contributed by atoms with Gasteiger partial charge in [-0.05, 0) is 18.9 Å². The Hall–Kier alpha value is -0.870. The summed E-state index contributed by atoms with van der Waals surface area (Å²) in [5, 5.41) is 7.00. The van der Waals surface area contributed by atoms with Gasteiger partial charge in [0.25, 0.3) is 0 Å². The van der Waals surface area contributed by atoms with Crippen molar-refractivity contribution in [2.75, 3.05) is 20.3 Å². The van der Waals surface area contributed by atoms with Gasteiger partial charge in [0.15, 0.2) is 0 Å². The molecule has 0 aliphatic heterocycles. The van der Waals surface area contributed by atoms with Crippen LogP contribution in [0.3, 0.4) is 0 Å². The summed E-state index contributed by atoms with van der Waals surface area (Å²) in [7, 11) is 1.69. The molecular weight excluding hydrogens is 180 g/mol. The number of nitrogens with zero attached hydrogens (tertiary/aromatic N) is 1. The summed E-state index contributed by atoms with van der Waals surface area (Å²) in [4.78, 5) is 0. The van der Waals surface area contributed by atoms with Gasteiger partial charge in [-0.1, -0.05) is 0 Å². The largest absolute Gasteiger partial charge is 0.382 e. The van der Waals surface area contributed by atoms with Crippen molar-refractivity contribution in [3.8, 4) is 0 Å². The summed E-state index contributed by atoms with van der Waals surface area (Å²) in [5.41, 5.74) is 1.16. The van der Waals surface area contributed by atoms with Crippen molar-refractivity contribution in [2.45, 2.75) is 24.9 Å². The van der Waals surface area contributed by atoms with Gasteiger partial charge in [-0.2, -0.15) is 5.10 Å². The second-order valence-corrected chi connectivity index (χ2v) is 3.65. The molecule has 1 N–H and O–H groups in total. The Labute approximate surface area is 83.6 Å². The smallest absolute Gasteiger partial charge is 0.0704 e. The quantitative estimate of drug-likeness (QED) is 0.722. The summed E-state index contributed by atoms with van der Waals surface area (Å²) >= 11 is 0. The Morgan fingerprint density at radius 1 is 1.50 bits per heavy atom. The maximum Gasteiger partial charge on any atom is 0.0704 e. The van der Waals surface area contributed by atoms with Gasteiger partial charge in [0.05, 0.1) is 25.0 Å². The van der Waals surface area contributed by atoms with Crippen molar-refractivity contribution in [3.63, 3.8) is 0 Å². The van der Waals surface area contributed by atoms with Gasteiger partial charge >= 0.3 is 0 Å². The lowest BCUT2D eigenvalue weighted by Gasteiger charge is -2.33. The first-order valence-electron chi connectivity index (χ1n) is 5.00. The van der Waals surface area contributed by atoms with E-state index in [9.17, 15) is 0 Å². The van der Waals surface area contributed by atoms with Gasteiger partial charge in [-0.25, -0.2) is 0 Å². The topological polar surface area (TPSA) is 47.1 Å². The third-order valence-corrected chi connectivity index (χ3v) is 2.68. The van der Waals surface area contributed by atoms with Crippen LogP contribution in [0.1, 0.15) is 24.5 Å². The fraction of sp³-hybridized carbons (Fsp3) is 0.700. The van der Waals surface area contributed by atoms with Crippen molar-refractivity contribution in [1.82, 2.24) is 10.2 Å². The number of aromatic nitrogens is 2. The van der Waals surface area contributed by atoms with Crippen LogP contribution >= 0.6 is 0 Å². The van der Waals surface area contributed by atoms with E-state index in [1.165, 1.54) is 0 Å². The standard InChI is InChI=1S/C10H16N2O2/c1-13-4-5-14-9-6-8(7-9)10-2-3-11-12-10/h2-3,8-9H,4-7H2,1H3,(H,11,12). The van der Waals surface area contributed by atoms with Crippen LogP contribution in [0.25, 0.3) is 0 Å². The highest BCUT2D eigenvalue weighted by molar-refractivity contribution is 5.10. The number of methoxy groups -OCH3 is 1. The van der Waals surface area contributed by atoms with Crippen molar-refractivity contribution >= 4 is 0 Å². The monoisotopic (exact) mass is 196 g/mol. The normalized spacial score (nSPS) is 26.1. The highest BCUT2D eigenvalue weighted by Gasteiger charge is 2.32. The van der Waals surface area contributed by atoms with E-state index in [1.807, 2.05) is 12.3 Å². The average molecular weight is 196 g/mol. The molecule has 0 aromatic carbocycles. The number of hydrogen-bond donors (Lipinski definition) is 1. The summed E-state index contributed by atoms with van der Waals surface area (Å²) in [5.74, 6) is 0.591. The van der Waals surface area contributed by atoms with Crippen molar-refractivity contribution in [3.05, 3.63) is 18.0 Å². The van der Waals surface area contributed by atoms with E-state index in [0.717, 1.165) is 18.5 Å². The first-order valence-corrected chi connectivity index (χ1v) is 5.00. The SMILES string of the molecule is COCCOC1CC(c2cc[nH]n2)C1. The third-order valence-electron chi connectivity index (χ3n) is 2.68. The minimum Gasteiger partial charge on any atom is -0.382 e. The molecule has 1 saturated carbocycles. The zero-order chi connectivity index (χ0) is 9.80. The van der Waals surface area contributed by atoms with Crippen LogP contribution in [-0.2, 0) is 9.47 Å². The molecule has 14 heavy (non-hydrogen) atoms. The Kier molecular flexibility index (Phi) is 3.16. The van der Waals surface area contributed by atoms with E-state index < -0.39 is 0 Å². The minimum atomic E-state index is 0.409. The van der Waals surface area contributed by atoms with Crippen LogP contribution < -0.4 is 0 Å². The van der Waals surface area contributed by atoms with Gasteiger partial charge in [0.1, 0.15) is 0 Å². The van der Waals surface area contributed by atoms with E-state index >= 15 is 0 Å². The van der Waals surface area contributed by atoms with Gasteiger partial charge in [0, 0.05) is 19.2 Å². The Morgan fingerprint density at radius 2 is 2.36 bits per heavy atom. The van der Waals surface area contributed by atoms with Crippen LogP contribution in [0.5, 0.6) is 0 Å². The van der Waals surface area contributed by atoms with Crippen LogP contribution in [0.2, 0.25) is 0 Å². The fourth-order valence-electron chi connectivity index (χ4n) is 1.74. The summed E-state index contributed by atoms with van der Waals surface area (Å²) in [6, 6.07) is 2.04. The molecule has 1 heterocycles. The van der Waals surface area contributed by atoms with E-state index in [-0.39, 0.29) is 0 Å². The first kappa shape index (κ1) is 9.68. The minimum absolute atomic E-state index is 0.409. The third kappa shape index (κ3) is 2.13. The molecule has 0 atom stereocenters. The average Bonchev–Trinajstić information content (AvgIpc) is 2.61. The van der Waals surface area contributed by atoms with Gasteiger partial charge < -0.3 is 9.47 Å². The maximum absolute atomic E-state index is 5.58. The van der Waals surface area contributed by atoms with Gasteiger partial charge in [0.2, 0.25) is 0 Å². The molecule has 78 valence electrons. The van der Waals surface area contributed by atoms with E-state index in [4.69, 9.17) is 9.47 Å². The molecule has 0 amide bonds. The van der Waals surface area contributed by atoms with Crippen molar-refractivity contribution in [1.29, 1.82) is 0 Å². The fourth-order valence-corrected chi connectivity index (χ4v) is 1.74. The summed E-state index contributed by atoms with van der Waals surface area (Å²) in [6.07, 6.45) is 4.46. The maximum atomic E-state index is 5.58. The zero-order valence-corrected chi connectivity index (χ0v) is 8.40. The number of hydrogen-bond acceptors (Lipinski definition) is 3. The highest BCUT2D eigenvalue weighted by atomic mass is 16.5. The Balaban J connectivity index is 1.65. The number of aromatic amines is 1. The van der Waals surface area contributed by atoms with Gasteiger partial charge in [-0.15, -0.1) is 0 Å². The number of H-pyrrole nitrogens is 1. The zero-order valence-electron chi connectivity index (χ0n) is 8.40. The molecule has 1 aromatic heterocycles. The molecule has 0 spiro atoms. The van der Waals surface area contributed by atoms with Crippen LogP contribution in [0.15, 0.2) is 12.3 Å². The molecular formula is C10H16N2O2. The summed E-state index contributed by atoms with van der Waals surface area (Å²) < 4.78 is 10.5. The molecule has 2 rings (SSSR count). The van der Waals surface area contributed by atoms with Crippen LogP contribution in [-0.4, -0.2) is 36.6 Å². The molecule has 1 aliphatic carbocycles. The number of rotatable bonds is 5. The lowest BCUT2D eigenvalue weighted by Crippen LogP contribution is -2.31. The predicted octanol–water partition coefficient (Wildman–Crippen LogP) is 1.32. The molecule has 0 saturated heterocycles.